The summed E-state index contributed by atoms with van der Waals surface area (Å²) in [5, 5.41) is 0. The van der Waals surface area contributed by atoms with Crippen LogP contribution in [0.5, 0.6) is 0 Å². The van der Waals surface area contributed by atoms with E-state index in [1.807, 2.05) is 0 Å². The van der Waals surface area contributed by atoms with Gasteiger partial charge in [-0.25, -0.2) is 0 Å². The molecule has 0 nitrogen and oxygen atoms in total. The first kappa shape index (κ1) is 4.02. The molecular formula is C2H2B2Br2. The first-order chi connectivity index (χ1) is 2.82. The molecular weight excluding hydrogens is 205 g/mol. The monoisotopic (exact) mass is 206 g/mol. The second-order valence-corrected chi connectivity index (χ2v) is 4.16. The lowest BCUT2D eigenvalue weighted by Crippen LogP contribution is -2.05. The standard InChI is InChI=1S/C2H2B2Br2/c5-1-3-2(6)4(1)3/h1-2H. The van der Waals surface area contributed by atoms with E-state index in [9.17, 15) is 0 Å². The lowest BCUT2D eigenvalue weighted by atomic mass is 9.81. The van der Waals surface area contributed by atoms with E-state index < -0.39 is 0 Å². The Hall–Kier alpha value is 1.09. The number of rotatable bonds is 0. The predicted molar refractivity (Wildman–Crippen MR) is 36.9 cm³/mol. The number of hydrogen-bond donors (Lipinski definition) is 0. The third-order valence-corrected chi connectivity index (χ3v) is 4.08. The van der Waals surface area contributed by atoms with E-state index in [0.717, 1.165) is 22.5 Å². The van der Waals surface area contributed by atoms with Gasteiger partial charge in [-0.15, -0.1) is 31.9 Å². The molecule has 0 aromatic rings. The van der Waals surface area contributed by atoms with E-state index in [1.165, 1.54) is 0 Å². The van der Waals surface area contributed by atoms with E-state index >= 15 is 0 Å². The summed E-state index contributed by atoms with van der Waals surface area (Å²) in [6, 6.07) is 0. The van der Waals surface area contributed by atoms with Gasteiger partial charge in [-0.1, -0.05) is 0 Å². The Bertz CT molecular complexity index is 75.5. The zero-order valence-electron chi connectivity index (χ0n) is 3.07. The van der Waals surface area contributed by atoms with Gasteiger partial charge in [-0.05, 0) is 9.25 Å². The minimum Gasteiger partial charge on any atom is -0.108 e. The third-order valence-electron chi connectivity index (χ3n) is 1.63. The minimum absolute atomic E-state index is 0.891. The van der Waals surface area contributed by atoms with Gasteiger partial charge in [0.25, 0.3) is 0 Å². The van der Waals surface area contributed by atoms with Crippen LogP contribution in [0.2, 0.25) is 0 Å². The van der Waals surface area contributed by atoms with Crippen molar-refractivity contribution < 1.29 is 0 Å². The number of hydrogen-bond acceptors (Lipinski definition) is 0. The average Bonchev–Trinajstić information content (AvgIpc) is 2.28. The number of alkyl halides is 2. The highest BCUT2D eigenvalue weighted by molar-refractivity contribution is 9.14. The third kappa shape index (κ3) is 0.292. The summed E-state index contributed by atoms with van der Waals surface area (Å²) in [5.41, 5.74) is 0. The highest BCUT2D eigenvalue weighted by Crippen LogP contribution is 2.51. The van der Waals surface area contributed by atoms with Crippen LogP contribution in [0.25, 0.3) is 0 Å². The summed E-state index contributed by atoms with van der Waals surface area (Å²) < 4.78 is 1.78. The Kier molecular flexibility index (Phi) is 0.617. The van der Waals surface area contributed by atoms with Crippen molar-refractivity contribution in [3.8, 4) is 0 Å². The van der Waals surface area contributed by atoms with Crippen molar-refractivity contribution in [1.82, 2.24) is 0 Å². The van der Waals surface area contributed by atoms with Crippen molar-refractivity contribution in [2.45, 2.75) is 9.25 Å². The van der Waals surface area contributed by atoms with Crippen LogP contribution in [-0.4, -0.2) is 22.5 Å². The van der Waals surface area contributed by atoms with Crippen LogP contribution in [0, 0.1) is 0 Å². The molecule has 2 aliphatic heterocycles. The Morgan fingerprint density at radius 2 is 1.33 bits per heavy atom. The first-order valence-electron chi connectivity index (χ1n) is 2.10. The molecule has 0 bridgehead atoms. The lowest BCUT2D eigenvalue weighted by molar-refractivity contribution is 1.79. The summed E-state index contributed by atoms with van der Waals surface area (Å²) in [7, 11) is 0. The highest BCUT2D eigenvalue weighted by Gasteiger charge is 2.76. The summed E-state index contributed by atoms with van der Waals surface area (Å²) in [6.45, 7) is 2.04. The van der Waals surface area contributed by atoms with Gasteiger partial charge in [0.05, 0.1) is 0 Å². The maximum atomic E-state index is 3.51. The van der Waals surface area contributed by atoms with Gasteiger partial charge in [0, 0.05) is 0 Å². The molecule has 2 saturated heterocycles. The summed E-state index contributed by atoms with van der Waals surface area (Å²) in [6.07, 6.45) is 0. The van der Waals surface area contributed by atoms with Gasteiger partial charge in [0.1, 0.15) is 13.2 Å². The molecule has 0 N–H and O–H groups in total. The maximum Gasteiger partial charge on any atom is 0.124 e. The SMILES string of the molecule is BrC1B2B1C2Br. The maximum absolute atomic E-state index is 3.51. The molecule has 0 amide bonds. The smallest absolute Gasteiger partial charge is 0.108 e. The predicted octanol–water partition coefficient (Wildman–Crippen LogP) is 0.765. The minimum atomic E-state index is 0.891. The van der Waals surface area contributed by atoms with Crippen LogP contribution < -0.4 is 0 Å². The molecule has 0 spiro atoms. The fourth-order valence-electron chi connectivity index (χ4n) is 0.843. The van der Waals surface area contributed by atoms with Crippen molar-refractivity contribution in [2.75, 3.05) is 0 Å². The van der Waals surface area contributed by atoms with Crippen LogP contribution in [0.1, 0.15) is 0 Å². The van der Waals surface area contributed by atoms with Gasteiger partial charge in [-0.2, -0.15) is 0 Å². The van der Waals surface area contributed by atoms with Crippen molar-refractivity contribution in [3.05, 3.63) is 0 Å². The zero-order chi connectivity index (χ0) is 4.31. The van der Waals surface area contributed by atoms with Crippen molar-refractivity contribution in [1.29, 1.82) is 0 Å². The van der Waals surface area contributed by atoms with E-state index in [2.05, 4.69) is 31.9 Å². The Morgan fingerprint density at radius 3 is 1.33 bits per heavy atom. The molecule has 4 heteroatoms. The molecule has 0 radical (unpaired) electrons. The molecule has 0 aromatic heterocycles. The molecule has 2 rings (SSSR count). The van der Waals surface area contributed by atoms with Gasteiger partial charge in [0.2, 0.25) is 0 Å². The van der Waals surface area contributed by atoms with Crippen LogP contribution in [0.15, 0.2) is 0 Å². The molecule has 2 heterocycles. The van der Waals surface area contributed by atoms with E-state index in [-0.39, 0.29) is 0 Å². The Morgan fingerprint density at radius 1 is 1.00 bits per heavy atom. The molecule has 0 saturated carbocycles. The van der Waals surface area contributed by atoms with E-state index in [0.29, 0.717) is 0 Å². The largest absolute Gasteiger partial charge is 0.124 e. The summed E-state index contributed by atoms with van der Waals surface area (Å²) in [5.74, 6) is 0. The molecule has 2 aliphatic rings. The van der Waals surface area contributed by atoms with Gasteiger partial charge >= 0.3 is 0 Å². The number of halogens is 2. The lowest BCUT2D eigenvalue weighted by Gasteiger charge is -1.91. The molecule has 0 aromatic carbocycles. The summed E-state index contributed by atoms with van der Waals surface area (Å²) >= 11 is 7.02. The normalized spacial score (nSPS) is 31.0. The molecule has 0 aliphatic carbocycles. The van der Waals surface area contributed by atoms with Crippen LogP contribution in [0.3, 0.4) is 0 Å². The van der Waals surface area contributed by atoms with Gasteiger partial charge < -0.3 is 0 Å². The molecule has 6 heavy (non-hydrogen) atoms. The van der Waals surface area contributed by atoms with Crippen LogP contribution in [-0.2, 0) is 0 Å². The molecule has 0 unspecified atom stereocenters. The fourth-order valence-corrected chi connectivity index (χ4v) is 4.03. The van der Waals surface area contributed by atoms with Gasteiger partial charge in [-0.3, -0.25) is 0 Å². The van der Waals surface area contributed by atoms with E-state index in [4.69, 9.17) is 0 Å². The van der Waals surface area contributed by atoms with Crippen molar-refractivity contribution in [3.63, 3.8) is 0 Å². The second kappa shape index (κ2) is 0.921. The summed E-state index contributed by atoms with van der Waals surface area (Å²) in [4.78, 5) is 0. The quantitative estimate of drug-likeness (QED) is 0.407. The van der Waals surface area contributed by atoms with Crippen molar-refractivity contribution in [2.24, 2.45) is 0 Å². The molecule has 2 fully saturated rings. The van der Waals surface area contributed by atoms with Gasteiger partial charge in [0.15, 0.2) is 0 Å². The second-order valence-electron chi connectivity index (χ2n) is 2.04. The Labute approximate surface area is 54.5 Å². The number of fused-ring (bicyclic) bond motifs is 1. The average molecular weight is 207 g/mol. The Balaban J connectivity index is 2.06. The first-order valence-corrected chi connectivity index (χ1v) is 3.93. The highest BCUT2D eigenvalue weighted by atomic mass is 79.9. The van der Waals surface area contributed by atoms with E-state index in [1.54, 1.807) is 0 Å². The van der Waals surface area contributed by atoms with Crippen LogP contribution in [0.4, 0.5) is 0 Å². The zero-order valence-corrected chi connectivity index (χ0v) is 6.24. The topological polar surface area (TPSA) is 0 Å². The molecule has 0 atom stereocenters. The molecule has 30 valence electrons. The fraction of sp³-hybridized carbons (Fsp3) is 1.00. The van der Waals surface area contributed by atoms with Crippen molar-refractivity contribution >= 4 is 45.1 Å². The van der Waals surface area contributed by atoms with Crippen LogP contribution >= 0.6 is 31.9 Å².